The molecule has 4 aromatic rings. The second-order valence-corrected chi connectivity index (χ2v) is 8.24. The fourth-order valence-electron chi connectivity index (χ4n) is 3.32. The molecule has 29 heavy (non-hydrogen) atoms. The zero-order valence-electron chi connectivity index (χ0n) is 16.2. The number of carbonyl (C=O) groups excluding carboxylic acids is 1. The van der Waals surface area contributed by atoms with Gasteiger partial charge in [0.05, 0.1) is 16.8 Å². The molecule has 0 radical (unpaired) electrons. The summed E-state index contributed by atoms with van der Waals surface area (Å²) in [4.78, 5) is 18.6. The Labute approximate surface area is 175 Å². The third-order valence-electron chi connectivity index (χ3n) is 4.82. The highest BCUT2D eigenvalue weighted by molar-refractivity contribution is 8.00. The third kappa shape index (κ3) is 4.49. The summed E-state index contributed by atoms with van der Waals surface area (Å²) >= 11 is 1.54. The van der Waals surface area contributed by atoms with Gasteiger partial charge in [0.1, 0.15) is 0 Å². The maximum absolute atomic E-state index is 13.1. The Morgan fingerprint density at radius 3 is 2.10 bits per heavy atom. The summed E-state index contributed by atoms with van der Waals surface area (Å²) in [5.41, 5.74) is 3.06. The molecule has 4 heteroatoms. The average molecular weight is 399 g/mol. The van der Waals surface area contributed by atoms with Crippen LogP contribution in [0.4, 0.5) is 0 Å². The van der Waals surface area contributed by atoms with E-state index < -0.39 is 0 Å². The second-order valence-electron chi connectivity index (χ2n) is 6.85. The van der Waals surface area contributed by atoms with Crippen LogP contribution in [0, 0.1) is 0 Å². The van der Waals surface area contributed by atoms with E-state index in [2.05, 4.69) is 10.3 Å². The minimum atomic E-state index is -0.252. The van der Waals surface area contributed by atoms with E-state index in [4.69, 9.17) is 0 Å². The van der Waals surface area contributed by atoms with E-state index >= 15 is 0 Å². The number of fused-ring (bicyclic) bond motifs is 1. The largest absolute Gasteiger partial charge is 0.344 e. The lowest BCUT2D eigenvalue weighted by Gasteiger charge is -2.22. The van der Waals surface area contributed by atoms with Crippen molar-refractivity contribution in [2.24, 2.45) is 0 Å². The molecule has 3 aromatic carbocycles. The van der Waals surface area contributed by atoms with Crippen LogP contribution in [0.25, 0.3) is 10.9 Å². The van der Waals surface area contributed by atoms with E-state index in [9.17, 15) is 4.79 Å². The van der Waals surface area contributed by atoms with Crippen molar-refractivity contribution in [3.05, 3.63) is 108 Å². The lowest BCUT2D eigenvalue weighted by Crippen LogP contribution is -2.34. The number of nitrogens with one attached hydrogen (secondary N) is 1. The molecule has 1 unspecified atom stereocenters. The molecular weight excluding hydrogens is 376 g/mol. The molecule has 0 aliphatic rings. The van der Waals surface area contributed by atoms with Crippen molar-refractivity contribution < 1.29 is 4.79 Å². The van der Waals surface area contributed by atoms with Crippen LogP contribution in [0.2, 0.25) is 0 Å². The van der Waals surface area contributed by atoms with Crippen molar-refractivity contribution in [3.8, 4) is 0 Å². The van der Waals surface area contributed by atoms with Gasteiger partial charge in [-0.15, -0.1) is 11.8 Å². The van der Waals surface area contributed by atoms with Gasteiger partial charge in [-0.2, -0.15) is 0 Å². The first kappa shape index (κ1) is 19.2. The summed E-state index contributed by atoms with van der Waals surface area (Å²) in [5, 5.41) is 4.07. The lowest BCUT2D eigenvalue weighted by atomic mass is 9.98. The normalized spacial score (nSPS) is 12.1. The van der Waals surface area contributed by atoms with Crippen molar-refractivity contribution in [3.63, 3.8) is 0 Å². The van der Waals surface area contributed by atoms with Gasteiger partial charge in [0.2, 0.25) is 5.91 Å². The van der Waals surface area contributed by atoms with Gasteiger partial charge in [-0.3, -0.25) is 9.78 Å². The fourth-order valence-corrected chi connectivity index (χ4v) is 4.32. The summed E-state index contributed by atoms with van der Waals surface area (Å²) < 4.78 is 0. The maximum Gasteiger partial charge on any atom is 0.233 e. The highest BCUT2D eigenvalue weighted by atomic mass is 32.2. The molecule has 0 spiro atoms. The molecule has 1 N–H and O–H groups in total. The summed E-state index contributed by atoms with van der Waals surface area (Å²) in [5.74, 6) is 0.000593. The Hall–Kier alpha value is -3.11. The number of pyridine rings is 1. The molecular formula is C25H22N2OS. The first-order chi connectivity index (χ1) is 14.2. The maximum atomic E-state index is 13.1. The molecule has 144 valence electrons. The van der Waals surface area contributed by atoms with Crippen molar-refractivity contribution in [1.29, 1.82) is 0 Å². The Morgan fingerprint density at radius 2 is 1.45 bits per heavy atom. The number of aromatic nitrogens is 1. The van der Waals surface area contributed by atoms with E-state index in [1.165, 1.54) is 11.8 Å². The van der Waals surface area contributed by atoms with Crippen LogP contribution in [-0.4, -0.2) is 16.1 Å². The molecule has 1 atom stereocenters. The first-order valence-electron chi connectivity index (χ1n) is 9.63. The zero-order valence-corrected chi connectivity index (χ0v) is 17.0. The van der Waals surface area contributed by atoms with Gasteiger partial charge in [-0.1, -0.05) is 78.9 Å². The minimum absolute atomic E-state index is 0.000593. The molecule has 0 fully saturated rings. The lowest BCUT2D eigenvalue weighted by molar-refractivity contribution is -0.120. The average Bonchev–Trinajstić information content (AvgIpc) is 2.78. The van der Waals surface area contributed by atoms with E-state index in [1.807, 2.05) is 97.9 Å². The molecule has 1 heterocycles. The Bertz CT molecular complexity index is 1050. The quantitative estimate of drug-likeness (QED) is 0.429. The van der Waals surface area contributed by atoms with E-state index in [-0.39, 0.29) is 17.2 Å². The molecule has 0 aliphatic heterocycles. The summed E-state index contributed by atoms with van der Waals surface area (Å²) in [6.45, 7) is 1.94. The van der Waals surface area contributed by atoms with Crippen molar-refractivity contribution >= 4 is 28.6 Å². The smallest absolute Gasteiger partial charge is 0.233 e. The van der Waals surface area contributed by atoms with Crippen molar-refractivity contribution in [2.75, 3.05) is 0 Å². The Kier molecular flexibility index (Phi) is 5.92. The van der Waals surface area contributed by atoms with Crippen LogP contribution in [0.1, 0.15) is 24.1 Å². The molecule has 3 nitrogen and oxygen atoms in total. The SMILES string of the molecule is CC(Sc1cccc2cccnc12)C(=O)NC(c1ccccc1)c1ccccc1. The van der Waals surface area contributed by atoms with Crippen molar-refractivity contribution in [1.82, 2.24) is 10.3 Å². The number of hydrogen-bond donors (Lipinski definition) is 1. The zero-order chi connectivity index (χ0) is 20.1. The number of hydrogen-bond acceptors (Lipinski definition) is 3. The van der Waals surface area contributed by atoms with Gasteiger partial charge >= 0.3 is 0 Å². The summed E-state index contributed by atoms with van der Waals surface area (Å²) in [7, 11) is 0. The van der Waals surface area contributed by atoms with Crippen LogP contribution >= 0.6 is 11.8 Å². The Balaban J connectivity index is 1.56. The van der Waals surface area contributed by atoms with E-state index in [1.54, 1.807) is 6.20 Å². The predicted octanol–water partition coefficient (Wildman–Crippen LogP) is 5.62. The second kappa shape index (κ2) is 8.93. The van der Waals surface area contributed by atoms with Crippen LogP contribution in [0.15, 0.2) is 102 Å². The number of thioether (sulfide) groups is 1. The number of para-hydroxylation sites is 1. The van der Waals surface area contributed by atoms with Gasteiger partial charge in [0.15, 0.2) is 0 Å². The van der Waals surface area contributed by atoms with Crippen LogP contribution in [-0.2, 0) is 4.79 Å². The van der Waals surface area contributed by atoms with Gasteiger partial charge in [-0.25, -0.2) is 0 Å². The van der Waals surface area contributed by atoms with Gasteiger partial charge < -0.3 is 5.32 Å². The highest BCUT2D eigenvalue weighted by Crippen LogP contribution is 2.30. The molecule has 0 saturated carbocycles. The van der Waals surface area contributed by atoms with Crippen LogP contribution in [0.3, 0.4) is 0 Å². The van der Waals surface area contributed by atoms with Crippen molar-refractivity contribution in [2.45, 2.75) is 23.1 Å². The molecule has 1 amide bonds. The molecule has 1 aromatic heterocycles. The molecule has 0 aliphatic carbocycles. The number of benzene rings is 3. The van der Waals surface area contributed by atoms with E-state index in [0.717, 1.165) is 26.9 Å². The molecule has 0 bridgehead atoms. The molecule has 4 rings (SSSR count). The summed E-state index contributed by atoms with van der Waals surface area (Å²) in [6, 6.07) is 30.0. The van der Waals surface area contributed by atoms with Gasteiger partial charge in [-0.05, 0) is 30.2 Å². The fraction of sp³-hybridized carbons (Fsp3) is 0.120. The highest BCUT2D eigenvalue weighted by Gasteiger charge is 2.21. The van der Waals surface area contributed by atoms with Gasteiger partial charge in [0, 0.05) is 16.5 Å². The predicted molar refractivity (Wildman–Crippen MR) is 120 cm³/mol. The minimum Gasteiger partial charge on any atom is -0.344 e. The standard InChI is InChI=1S/C25H22N2OS/c1-18(29-22-16-8-14-21-15-9-17-26-24(21)22)25(28)27-23(19-10-4-2-5-11-19)20-12-6-3-7-13-20/h2-18,23H,1H3,(H,27,28). The first-order valence-corrected chi connectivity index (χ1v) is 10.5. The monoisotopic (exact) mass is 398 g/mol. The van der Waals surface area contributed by atoms with Crippen LogP contribution in [0.5, 0.6) is 0 Å². The van der Waals surface area contributed by atoms with Gasteiger partial charge in [0.25, 0.3) is 0 Å². The van der Waals surface area contributed by atoms with Crippen LogP contribution < -0.4 is 5.32 Å². The number of nitrogens with zero attached hydrogens (tertiary/aromatic N) is 1. The summed E-state index contributed by atoms with van der Waals surface area (Å²) in [6.07, 6.45) is 1.79. The Morgan fingerprint density at radius 1 is 0.828 bits per heavy atom. The van der Waals surface area contributed by atoms with E-state index in [0.29, 0.717) is 0 Å². The number of carbonyl (C=O) groups is 1. The molecule has 0 saturated heterocycles. The topological polar surface area (TPSA) is 42.0 Å². The number of amides is 1. The third-order valence-corrected chi connectivity index (χ3v) is 5.97. The number of rotatable bonds is 6.